The third kappa shape index (κ3) is 2.29. The molecule has 2 aliphatic heterocycles. The van der Waals surface area contributed by atoms with Crippen molar-refractivity contribution in [2.24, 2.45) is 5.41 Å². The molecule has 0 bridgehead atoms. The molecule has 19 heavy (non-hydrogen) atoms. The van der Waals surface area contributed by atoms with Gasteiger partial charge in [-0.05, 0) is 19.3 Å². The van der Waals surface area contributed by atoms with E-state index < -0.39 is 5.41 Å². The van der Waals surface area contributed by atoms with Crippen LogP contribution >= 0.6 is 0 Å². The maximum atomic E-state index is 12.5. The first-order chi connectivity index (χ1) is 9.23. The first-order valence-corrected chi connectivity index (χ1v) is 7.71. The fraction of sp³-hybridized carbons (Fsp3) is 0.933. The summed E-state index contributed by atoms with van der Waals surface area (Å²) in [4.78, 5) is 12.5. The largest absolute Gasteiger partial charge is 0.465 e. The molecule has 0 spiro atoms. The second-order valence-corrected chi connectivity index (χ2v) is 6.11. The van der Waals surface area contributed by atoms with Gasteiger partial charge in [-0.25, -0.2) is 0 Å². The van der Waals surface area contributed by atoms with E-state index in [4.69, 9.17) is 14.2 Å². The van der Waals surface area contributed by atoms with Gasteiger partial charge in [-0.15, -0.1) is 0 Å². The molecule has 0 N–H and O–H groups in total. The first kappa shape index (κ1) is 13.4. The topological polar surface area (TPSA) is 51.4 Å². The lowest BCUT2D eigenvalue weighted by Gasteiger charge is -2.31. The van der Waals surface area contributed by atoms with Gasteiger partial charge in [-0.2, -0.15) is 0 Å². The quantitative estimate of drug-likeness (QED) is 0.404. The number of carbonyl (C=O) groups is 1. The van der Waals surface area contributed by atoms with E-state index in [0.29, 0.717) is 6.61 Å². The van der Waals surface area contributed by atoms with Gasteiger partial charge in [0, 0.05) is 0 Å². The number of carbonyl (C=O) groups excluding carboxylic acids is 1. The van der Waals surface area contributed by atoms with Gasteiger partial charge in [0.1, 0.15) is 18.3 Å². The molecule has 1 saturated carbocycles. The molecule has 3 fully saturated rings. The zero-order valence-corrected chi connectivity index (χ0v) is 11.9. The molecule has 2 saturated heterocycles. The normalized spacial score (nSPS) is 42.2. The molecule has 0 aromatic carbocycles. The summed E-state index contributed by atoms with van der Waals surface area (Å²) in [6.45, 7) is 4.79. The lowest BCUT2D eigenvalue weighted by atomic mass is 9.71. The number of hydrogen-bond acceptors (Lipinski definition) is 4. The van der Waals surface area contributed by atoms with Crippen LogP contribution in [0.3, 0.4) is 0 Å². The Bertz CT molecular complexity index is 356. The van der Waals surface area contributed by atoms with E-state index in [9.17, 15) is 4.79 Å². The van der Waals surface area contributed by atoms with Crippen molar-refractivity contribution in [3.8, 4) is 0 Å². The predicted molar refractivity (Wildman–Crippen MR) is 69.8 cm³/mol. The van der Waals surface area contributed by atoms with Gasteiger partial charge in [0.2, 0.25) is 0 Å². The number of fused-ring (bicyclic) bond motifs is 3. The number of hydrogen-bond donors (Lipinski definition) is 0. The van der Waals surface area contributed by atoms with E-state index in [-0.39, 0.29) is 30.4 Å². The Balaban J connectivity index is 1.68. The van der Waals surface area contributed by atoms with E-state index in [0.717, 1.165) is 38.5 Å². The molecule has 2 heterocycles. The molecule has 0 aromatic heterocycles. The fourth-order valence-corrected chi connectivity index (χ4v) is 3.39. The van der Waals surface area contributed by atoms with Crippen LogP contribution in [0.4, 0.5) is 0 Å². The summed E-state index contributed by atoms with van der Waals surface area (Å²) < 4.78 is 16.9. The lowest BCUT2D eigenvalue weighted by molar-refractivity contribution is -0.159. The van der Waals surface area contributed by atoms with Crippen molar-refractivity contribution in [3.63, 3.8) is 0 Å². The van der Waals surface area contributed by atoms with Gasteiger partial charge in [-0.3, -0.25) is 4.79 Å². The number of ether oxygens (including phenoxy) is 3. The Morgan fingerprint density at radius 3 is 2.74 bits per heavy atom. The predicted octanol–water partition coefficient (Wildman–Crippen LogP) is 2.44. The minimum atomic E-state index is -0.425. The van der Waals surface area contributed by atoms with Gasteiger partial charge in [0.05, 0.1) is 18.1 Å². The van der Waals surface area contributed by atoms with Gasteiger partial charge in [0.25, 0.3) is 0 Å². The van der Waals surface area contributed by atoms with E-state index in [2.05, 4.69) is 13.8 Å². The number of rotatable bonds is 7. The van der Waals surface area contributed by atoms with Crippen molar-refractivity contribution >= 4 is 5.97 Å². The van der Waals surface area contributed by atoms with E-state index >= 15 is 0 Å². The Morgan fingerprint density at radius 2 is 2.00 bits per heavy atom. The van der Waals surface area contributed by atoms with Crippen LogP contribution in [0, 0.1) is 5.41 Å². The molecule has 0 aromatic rings. The third-order valence-electron chi connectivity index (χ3n) is 4.70. The molecule has 108 valence electrons. The van der Waals surface area contributed by atoms with Gasteiger partial charge < -0.3 is 14.2 Å². The van der Waals surface area contributed by atoms with E-state index in [1.54, 1.807) is 0 Å². The van der Waals surface area contributed by atoms with Crippen LogP contribution in [0.5, 0.6) is 0 Å². The minimum absolute atomic E-state index is 0.0455. The first-order valence-electron chi connectivity index (χ1n) is 7.71. The van der Waals surface area contributed by atoms with Crippen LogP contribution in [-0.2, 0) is 19.0 Å². The van der Waals surface area contributed by atoms with Crippen molar-refractivity contribution in [3.05, 3.63) is 0 Å². The smallest absolute Gasteiger partial charge is 0.314 e. The van der Waals surface area contributed by atoms with Crippen molar-refractivity contribution in [1.82, 2.24) is 0 Å². The van der Waals surface area contributed by atoms with Crippen molar-refractivity contribution in [2.75, 3.05) is 6.61 Å². The van der Waals surface area contributed by atoms with Crippen LogP contribution < -0.4 is 0 Å². The molecule has 0 radical (unpaired) electrons. The molecule has 0 amide bonds. The fourth-order valence-electron chi connectivity index (χ4n) is 3.39. The van der Waals surface area contributed by atoms with Crippen LogP contribution in [-0.4, -0.2) is 37.0 Å². The molecule has 5 atom stereocenters. The molecule has 3 aliphatic rings. The number of unbranched alkanes of at least 4 members (excludes halogenated alkanes) is 2. The standard InChI is InChI=1S/C15H24O4/c1-3-5-7-15(14(16)17-8-6-4-2)9-10-11(18-10)12-13(15)19-12/h10-13H,3-9H2,1-2H3. The lowest BCUT2D eigenvalue weighted by Crippen LogP contribution is -2.43. The zero-order chi connectivity index (χ0) is 13.5. The van der Waals surface area contributed by atoms with Gasteiger partial charge in [-0.1, -0.05) is 33.1 Å². The van der Waals surface area contributed by atoms with Crippen molar-refractivity contribution in [2.45, 2.75) is 76.8 Å². The maximum absolute atomic E-state index is 12.5. The number of esters is 1. The summed E-state index contributed by atoms with van der Waals surface area (Å²) in [6, 6.07) is 0. The summed E-state index contributed by atoms with van der Waals surface area (Å²) in [6.07, 6.45) is 6.52. The second-order valence-electron chi connectivity index (χ2n) is 6.11. The van der Waals surface area contributed by atoms with Crippen LogP contribution in [0.25, 0.3) is 0 Å². The Kier molecular flexibility index (Phi) is 3.56. The van der Waals surface area contributed by atoms with Crippen LogP contribution in [0.15, 0.2) is 0 Å². The zero-order valence-electron chi connectivity index (χ0n) is 11.9. The summed E-state index contributed by atoms with van der Waals surface area (Å²) in [7, 11) is 0. The minimum Gasteiger partial charge on any atom is -0.465 e. The monoisotopic (exact) mass is 268 g/mol. The Labute approximate surface area is 114 Å². The summed E-state index contributed by atoms with van der Waals surface area (Å²) >= 11 is 0. The molecule has 5 unspecified atom stereocenters. The van der Waals surface area contributed by atoms with Crippen molar-refractivity contribution < 1.29 is 19.0 Å². The summed E-state index contributed by atoms with van der Waals surface area (Å²) in [5, 5.41) is 0. The highest BCUT2D eigenvalue weighted by molar-refractivity contribution is 5.79. The number of epoxide rings is 2. The van der Waals surface area contributed by atoms with Crippen LogP contribution in [0.2, 0.25) is 0 Å². The molecule has 1 aliphatic carbocycles. The molecular formula is C15H24O4. The summed E-state index contributed by atoms with van der Waals surface area (Å²) in [5.74, 6) is -0.0455. The van der Waals surface area contributed by atoms with Crippen LogP contribution in [0.1, 0.15) is 52.4 Å². The molecule has 3 rings (SSSR count). The van der Waals surface area contributed by atoms with Gasteiger partial charge >= 0.3 is 5.97 Å². The maximum Gasteiger partial charge on any atom is 0.314 e. The van der Waals surface area contributed by atoms with Gasteiger partial charge in [0.15, 0.2) is 0 Å². The second kappa shape index (κ2) is 5.06. The molecular weight excluding hydrogens is 244 g/mol. The SMILES string of the molecule is CCCCOC(=O)C1(CCCC)CC2OC2C2OC21. The molecule has 4 nitrogen and oxygen atoms in total. The highest BCUT2D eigenvalue weighted by atomic mass is 16.7. The van der Waals surface area contributed by atoms with E-state index in [1.165, 1.54) is 0 Å². The molecule has 4 heteroatoms. The Morgan fingerprint density at radius 1 is 1.21 bits per heavy atom. The average molecular weight is 268 g/mol. The third-order valence-corrected chi connectivity index (χ3v) is 4.70. The highest BCUT2D eigenvalue weighted by Crippen LogP contribution is 2.59. The van der Waals surface area contributed by atoms with E-state index in [1.807, 2.05) is 0 Å². The van der Waals surface area contributed by atoms with Crippen molar-refractivity contribution in [1.29, 1.82) is 0 Å². The highest BCUT2D eigenvalue weighted by Gasteiger charge is 2.73. The summed E-state index contributed by atoms with van der Waals surface area (Å²) in [5.41, 5.74) is -0.425. The Hall–Kier alpha value is -0.610. The average Bonchev–Trinajstić information content (AvgIpc) is 3.25.